The number of amides is 1. The molecule has 1 aliphatic carbocycles. The van der Waals surface area contributed by atoms with Crippen molar-refractivity contribution in [3.63, 3.8) is 0 Å². The van der Waals surface area contributed by atoms with Crippen LogP contribution in [0.15, 0.2) is 0 Å². The molecule has 0 spiro atoms. The molecule has 0 atom stereocenters. The maximum absolute atomic E-state index is 12.2. The molecule has 2 fully saturated rings. The summed E-state index contributed by atoms with van der Waals surface area (Å²) in [6, 6.07) is 0. The van der Waals surface area contributed by atoms with E-state index in [1.807, 2.05) is 6.92 Å². The molecule has 0 unspecified atom stereocenters. The first kappa shape index (κ1) is 12.4. The minimum Gasteiger partial charge on any atom is -0.464 e. The summed E-state index contributed by atoms with van der Waals surface area (Å²) in [6.07, 6.45) is 6.20. The highest BCUT2D eigenvalue weighted by molar-refractivity contribution is 5.89. The van der Waals surface area contributed by atoms with Crippen molar-refractivity contribution in [3.05, 3.63) is 0 Å². The van der Waals surface area contributed by atoms with E-state index in [-0.39, 0.29) is 11.9 Å². The molecule has 1 aliphatic heterocycles. The summed E-state index contributed by atoms with van der Waals surface area (Å²) in [5.74, 6) is -0.0603. The van der Waals surface area contributed by atoms with Crippen molar-refractivity contribution in [3.8, 4) is 0 Å². The Hall–Kier alpha value is -1.06. The zero-order chi connectivity index (χ0) is 12.3. The van der Waals surface area contributed by atoms with E-state index in [0.717, 1.165) is 45.1 Å². The van der Waals surface area contributed by atoms with Crippen molar-refractivity contribution in [1.82, 2.24) is 4.90 Å². The van der Waals surface area contributed by atoms with Crippen molar-refractivity contribution in [2.24, 2.45) is 0 Å². The Balaban J connectivity index is 2.22. The fourth-order valence-corrected chi connectivity index (χ4v) is 3.09. The molecule has 17 heavy (non-hydrogen) atoms. The Morgan fingerprint density at radius 2 is 2.00 bits per heavy atom. The van der Waals surface area contributed by atoms with Gasteiger partial charge in [0.2, 0.25) is 5.91 Å². The molecular formula is C13H21NO3. The molecule has 0 aromatic carbocycles. The largest absolute Gasteiger partial charge is 0.464 e. The van der Waals surface area contributed by atoms with E-state index >= 15 is 0 Å². The summed E-state index contributed by atoms with van der Waals surface area (Å²) in [7, 11) is 0. The SMILES string of the molecule is CCOC(=O)C1(N2CCCC2=O)CCCCC1. The molecule has 0 aromatic rings. The van der Waals surface area contributed by atoms with Gasteiger partial charge < -0.3 is 9.64 Å². The number of esters is 1. The van der Waals surface area contributed by atoms with E-state index in [1.54, 1.807) is 4.90 Å². The van der Waals surface area contributed by atoms with E-state index in [4.69, 9.17) is 4.74 Å². The molecule has 1 amide bonds. The maximum atomic E-state index is 12.2. The zero-order valence-electron chi connectivity index (χ0n) is 10.5. The monoisotopic (exact) mass is 239 g/mol. The highest BCUT2D eigenvalue weighted by atomic mass is 16.5. The molecule has 4 heteroatoms. The van der Waals surface area contributed by atoms with E-state index in [0.29, 0.717) is 13.0 Å². The van der Waals surface area contributed by atoms with Gasteiger partial charge in [0.1, 0.15) is 5.54 Å². The van der Waals surface area contributed by atoms with Crippen molar-refractivity contribution < 1.29 is 14.3 Å². The fourth-order valence-electron chi connectivity index (χ4n) is 3.09. The molecule has 1 saturated heterocycles. The second-order valence-corrected chi connectivity index (χ2v) is 4.96. The number of carbonyl (C=O) groups is 2. The van der Waals surface area contributed by atoms with Crippen molar-refractivity contribution >= 4 is 11.9 Å². The van der Waals surface area contributed by atoms with E-state index in [9.17, 15) is 9.59 Å². The van der Waals surface area contributed by atoms with Gasteiger partial charge in [0, 0.05) is 13.0 Å². The van der Waals surface area contributed by atoms with Crippen molar-refractivity contribution in [1.29, 1.82) is 0 Å². The molecule has 2 aliphatic rings. The number of nitrogens with zero attached hydrogens (tertiary/aromatic N) is 1. The molecule has 1 heterocycles. The number of hydrogen-bond donors (Lipinski definition) is 0. The summed E-state index contributed by atoms with van der Waals surface area (Å²) in [5.41, 5.74) is -0.637. The van der Waals surface area contributed by atoms with Crippen LogP contribution in [0, 0.1) is 0 Å². The van der Waals surface area contributed by atoms with E-state index < -0.39 is 5.54 Å². The van der Waals surface area contributed by atoms with Crippen LogP contribution >= 0.6 is 0 Å². The second kappa shape index (κ2) is 5.07. The summed E-state index contributed by atoms with van der Waals surface area (Å²) in [4.78, 5) is 25.9. The van der Waals surface area contributed by atoms with Crippen LogP contribution in [0.3, 0.4) is 0 Å². The average Bonchev–Trinajstić information content (AvgIpc) is 2.77. The molecule has 0 aromatic heterocycles. The third kappa shape index (κ3) is 2.17. The Kier molecular flexibility index (Phi) is 3.69. The lowest BCUT2D eigenvalue weighted by molar-refractivity contribution is -0.164. The van der Waals surface area contributed by atoms with Gasteiger partial charge in [-0.05, 0) is 26.2 Å². The molecule has 0 bridgehead atoms. The van der Waals surface area contributed by atoms with Crippen LogP contribution in [0.2, 0.25) is 0 Å². The van der Waals surface area contributed by atoms with Crippen molar-refractivity contribution in [2.75, 3.05) is 13.2 Å². The van der Waals surface area contributed by atoms with Crippen LogP contribution in [-0.4, -0.2) is 35.5 Å². The Morgan fingerprint density at radius 3 is 2.53 bits per heavy atom. The Labute approximate surface area is 102 Å². The molecular weight excluding hydrogens is 218 g/mol. The summed E-state index contributed by atoms with van der Waals surface area (Å²) in [6.45, 7) is 2.93. The molecule has 2 rings (SSSR count). The lowest BCUT2D eigenvalue weighted by Gasteiger charge is -2.42. The first-order chi connectivity index (χ1) is 8.20. The molecule has 0 radical (unpaired) electrons. The topological polar surface area (TPSA) is 46.6 Å². The molecule has 4 nitrogen and oxygen atoms in total. The van der Waals surface area contributed by atoms with Crippen LogP contribution < -0.4 is 0 Å². The maximum Gasteiger partial charge on any atom is 0.332 e. The fraction of sp³-hybridized carbons (Fsp3) is 0.846. The summed E-state index contributed by atoms with van der Waals surface area (Å²) >= 11 is 0. The normalized spacial score (nSPS) is 23.8. The number of likely N-dealkylation sites (tertiary alicyclic amines) is 1. The van der Waals surface area contributed by atoms with Gasteiger partial charge in [-0.3, -0.25) is 4.79 Å². The highest BCUT2D eigenvalue weighted by Crippen LogP contribution is 2.37. The second-order valence-electron chi connectivity index (χ2n) is 4.96. The van der Waals surface area contributed by atoms with Crippen LogP contribution in [0.1, 0.15) is 51.9 Å². The zero-order valence-corrected chi connectivity index (χ0v) is 10.5. The number of ether oxygens (including phenoxy) is 1. The Bertz CT molecular complexity index is 308. The third-order valence-corrected chi connectivity index (χ3v) is 3.93. The number of carbonyl (C=O) groups excluding carboxylic acids is 2. The lowest BCUT2D eigenvalue weighted by atomic mass is 9.80. The first-order valence-corrected chi connectivity index (χ1v) is 6.68. The molecule has 96 valence electrons. The predicted octanol–water partition coefficient (Wildman–Crippen LogP) is 1.87. The number of hydrogen-bond acceptors (Lipinski definition) is 3. The smallest absolute Gasteiger partial charge is 0.332 e. The van der Waals surface area contributed by atoms with Gasteiger partial charge >= 0.3 is 5.97 Å². The minimum atomic E-state index is -0.637. The van der Waals surface area contributed by atoms with Gasteiger partial charge in [0.05, 0.1) is 6.61 Å². The quantitative estimate of drug-likeness (QED) is 0.706. The van der Waals surface area contributed by atoms with Gasteiger partial charge in [-0.15, -0.1) is 0 Å². The molecule has 0 N–H and O–H groups in total. The minimum absolute atomic E-state index is 0.125. The highest BCUT2D eigenvalue weighted by Gasteiger charge is 2.49. The van der Waals surface area contributed by atoms with Gasteiger partial charge in [-0.25, -0.2) is 4.79 Å². The predicted molar refractivity (Wildman–Crippen MR) is 63.4 cm³/mol. The standard InChI is InChI=1S/C13H21NO3/c1-2-17-12(16)13(8-4-3-5-9-13)14-10-6-7-11(14)15/h2-10H2,1H3. The average molecular weight is 239 g/mol. The van der Waals surface area contributed by atoms with Crippen LogP contribution in [0.25, 0.3) is 0 Å². The number of rotatable bonds is 3. The van der Waals surface area contributed by atoms with Crippen molar-refractivity contribution in [2.45, 2.75) is 57.4 Å². The van der Waals surface area contributed by atoms with Gasteiger partial charge in [0.25, 0.3) is 0 Å². The van der Waals surface area contributed by atoms with Crippen LogP contribution in [-0.2, 0) is 14.3 Å². The first-order valence-electron chi connectivity index (χ1n) is 6.68. The van der Waals surface area contributed by atoms with Gasteiger partial charge in [-0.1, -0.05) is 19.3 Å². The van der Waals surface area contributed by atoms with E-state index in [1.165, 1.54) is 0 Å². The van der Waals surface area contributed by atoms with Gasteiger partial charge in [0.15, 0.2) is 0 Å². The van der Waals surface area contributed by atoms with Crippen LogP contribution in [0.4, 0.5) is 0 Å². The lowest BCUT2D eigenvalue weighted by Crippen LogP contribution is -2.57. The van der Waals surface area contributed by atoms with Crippen LogP contribution in [0.5, 0.6) is 0 Å². The third-order valence-electron chi connectivity index (χ3n) is 3.93. The Morgan fingerprint density at radius 1 is 1.29 bits per heavy atom. The summed E-state index contributed by atoms with van der Waals surface area (Å²) in [5, 5.41) is 0. The van der Waals surface area contributed by atoms with E-state index in [2.05, 4.69) is 0 Å². The van der Waals surface area contributed by atoms with Gasteiger partial charge in [-0.2, -0.15) is 0 Å². The molecule has 1 saturated carbocycles. The summed E-state index contributed by atoms with van der Waals surface area (Å²) < 4.78 is 5.21.